The number of carbonyl (C=O) groups is 2. The molecule has 1 aliphatic carbocycles. The Bertz CT molecular complexity index is 1230. The van der Waals surface area contributed by atoms with E-state index >= 15 is 0 Å². The minimum atomic E-state index is -0.992. The highest BCUT2D eigenvalue weighted by atomic mass is 79.9. The van der Waals surface area contributed by atoms with E-state index in [9.17, 15) is 14.7 Å². The van der Waals surface area contributed by atoms with Gasteiger partial charge in [0.05, 0.1) is 15.3 Å². The molecule has 1 aromatic carbocycles. The summed E-state index contributed by atoms with van der Waals surface area (Å²) in [5.41, 5.74) is 0.701. The smallest absolute Gasteiger partial charge is 0.326 e. The fourth-order valence-electron chi connectivity index (χ4n) is 3.72. The first kappa shape index (κ1) is 22.0. The molecule has 8 heteroatoms. The first-order valence-electron chi connectivity index (χ1n) is 10.1. The normalized spacial score (nSPS) is 16.9. The van der Waals surface area contributed by atoms with Crippen molar-refractivity contribution in [1.82, 2.24) is 15.3 Å². The number of fused-ring (bicyclic) bond motifs is 1. The van der Waals surface area contributed by atoms with Gasteiger partial charge < -0.3 is 15.2 Å². The van der Waals surface area contributed by atoms with Gasteiger partial charge in [-0.1, -0.05) is 19.1 Å². The molecule has 2 N–H and O–H groups in total. The third kappa shape index (κ3) is 3.86. The van der Waals surface area contributed by atoms with Crippen LogP contribution in [0.15, 0.2) is 65.2 Å². The number of pyridine rings is 2. The Morgan fingerprint density at radius 1 is 1.16 bits per heavy atom. The van der Waals surface area contributed by atoms with Crippen molar-refractivity contribution < 1.29 is 19.4 Å². The van der Waals surface area contributed by atoms with Gasteiger partial charge in [0.2, 0.25) is 5.88 Å². The number of nitrogens with one attached hydrogen (secondary N) is 1. The molecule has 0 amide bonds. The maximum absolute atomic E-state index is 12.0. The molecule has 1 unspecified atom stereocenters. The quantitative estimate of drug-likeness (QED) is 0.485. The summed E-state index contributed by atoms with van der Waals surface area (Å²) in [6, 6.07) is 10.1. The molecule has 0 saturated heterocycles. The van der Waals surface area contributed by atoms with Crippen LogP contribution in [-0.4, -0.2) is 32.9 Å². The number of ether oxygens (including phenoxy) is 1. The summed E-state index contributed by atoms with van der Waals surface area (Å²) in [5.74, 6) is -0.361. The average Bonchev–Trinajstić information content (AvgIpc) is 2.79. The van der Waals surface area contributed by atoms with Gasteiger partial charge in [0.15, 0.2) is 5.78 Å². The fraction of sp³-hybridized carbons (Fsp3) is 0.250. The Balaban J connectivity index is 1.53. The number of carboxylic acids is 1. The third-order valence-corrected chi connectivity index (χ3v) is 6.59. The van der Waals surface area contributed by atoms with Crippen molar-refractivity contribution in [2.45, 2.75) is 32.7 Å². The van der Waals surface area contributed by atoms with E-state index in [1.165, 1.54) is 0 Å². The van der Waals surface area contributed by atoms with E-state index in [1.807, 2.05) is 31.2 Å². The fourth-order valence-corrected chi connectivity index (χ4v) is 4.83. The molecule has 0 spiro atoms. The number of aromatic nitrogens is 2. The second-order valence-corrected chi connectivity index (χ2v) is 9.07. The Hall–Kier alpha value is -3.26. The summed E-state index contributed by atoms with van der Waals surface area (Å²) in [5, 5.41) is 14.7. The molecule has 164 valence electrons. The number of hydrogen-bond acceptors (Lipinski definition) is 6. The predicted octanol–water partition coefficient (Wildman–Crippen LogP) is 4.78. The van der Waals surface area contributed by atoms with Gasteiger partial charge in [0.25, 0.3) is 0 Å². The molecule has 2 aromatic heterocycles. The number of aliphatic carboxylic acids is 1. The molecule has 0 bridgehead atoms. The minimum absolute atomic E-state index is 0.0458. The number of rotatable bonds is 7. The first-order chi connectivity index (χ1) is 15.2. The van der Waals surface area contributed by atoms with Gasteiger partial charge in [-0.3, -0.25) is 9.78 Å². The predicted molar refractivity (Wildman–Crippen MR) is 124 cm³/mol. The summed E-state index contributed by atoms with van der Waals surface area (Å²) in [4.78, 5) is 32.5. The van der Waals surface area contributed by atoms with E-state index in [0.717, 1.165) is 16.3 Å². The zero-order chi connectivity index (χ0) is 23.0. The van der Waals surface area contributed by atoms with E-state index in [2.05, 4.69) is 31.2 Å². The van der Waals surface area contributed by atoms with E-state index < -0.39 is 17.4 Å². The summed E-state index contributed by atoms with van der Waals surface area (Å²) < 4.78 is 6.35. The first-order valence-corrected chi connectivity index (χ1v) is 10.9. The van der Waals surface area contributed by atoms with Gasteiger partial charge in [-0.2, -0.15) is 0 Å². The van der Waals surface area contributed by atoms with Crippen LogP contribution in [0.25, 0.3) is 10.8 Å². The molecule has 7 nitrogen and oxygen atoms in total. The van der Waals surface area contributed by atoms with Crippen LogP contribution >= 0.6 is 15.9 Å². The Kier molecular flexibility index (Phi) is 5.73. The Labute approximate surface area is 193 Å². The number of halogens is 1. The molecule has 3 aromatic rings. The number of allylic oxidation sites excluding steroid dienone is 2. The van der Waals surface area contributed by atoms with Crippen molar-refractivity contribution in [2.75, 3.05) is 0 Å². The molecular weight excluding hydrogens is 474 g/mol. The lowest BCUT2D eigenvalue weighted by molar-refractivity contribution is -0.140. The monoisotopic (exact) mass is 495 g/mol. The lowest BCUT2D eigenvalue weighted by Crippen LogP contribution is -2.50. The molecule has 0 saturated carbocycles. The van der Waals surface area contributed by atoms with Crippen molar-refractivity contribution in [1.29, 1.82) is 0 Å². The van der Waals surface area contributed by atoms with Crippen molar-refractivity contribution in [2.24, 2.45) is 5.41 Å². The summed E-state index contributed by atoms with van der Waals surface area (Å²) in [6.07, 6.45) is 5.10. The molecule has 0 radical (unpaired) electrons. The van der Waals surface area contributed by atoms with Crippen LogP contribution in [0, 0.1) is 5.41 Å². The lowest BCUT2D eigenvalue weighted by Gasteiger charge is -2.39. The second kappa shape index (κ2) is 8.35. The molecule has 2 atom stereocenters. The molecule has 0 aliphatic heterocycles. The number of carbonyl (C=O) groups excluding carboxylic acids is 1. The van der Waals surface area contributed by atoms with E-state index in [1.54, 1.807) is 44.6 Å². The number of ketones is 1. The van der Waals surface area contributed by atoms with E-state index in [-0.39, 0.29) is 11.7 Å². The number of hydrogen-bond donors (Lipinski definition) is 2. The van der Waals surface area contributed by atoms with Crippen molar-refractivity contribution in [3.63, 3.8) is 0 Å². The standard InChI is InChI=1S/C24H22BrN3O4/c1-13(19(23(30)31)28-20-18(25)21(29)24(20,2)3)14-4-6-16(7-5-14)32-22-17-12-26-10-8-15(17)9-11-27-22/h4-13,19,28H,1-3H3,(H,30,31)/t13?,19-/m0/s1. The lowest BCUT2D eigenvalue weighted by atomic mass is 9.74. The van der Waals surface area contributed by atoms with Crippen LogP contribution in [0.5, 0.6) is 11.6 Å². The summed E-state index contributed by atoms with van der Waals surface area (Å²) in [6.45, 7) is 5.38. The molecule has 0 fully saturated rings. The number of carboxylic acid groups (broad SMARTS) is 1. The highest BCUT2D eigenvalue weighted by molar-refractivity contribution is 9.12. The zero-order valence-corrected chi connectivity index (χ0v) is 19.4. The minimum Gasteiger partial charge on any atom is -0.480 e. The largest absolute Gasteiger partial charge is 0.480 e. The van der Waals surface area contributed by atoms with Gasteiger partial charge in [0.1, 0.15) is 11.8 Å². The second-order valence-electron chi connectivity index (χ2n) is 8.28. The molecule has 1 aliphatic rings. The summed E-state index contributed by atoms with van der Waals surface area (Å²) in [7, 11) is 0. The maximum atomic E-state index is 12.0. The van der Waals surface area contributed by atoms with Crippen LogP contribution in [0.2, 0.25) is 0 Å². The van der Waals surface area contributed by atoms with Crippen LogP contribution in [0.3, 0.4) is 0 Å². The highest BCUT2D eigenvalue weighted by Gasteiger charge is 2.47. The summed E-state index contributed by atoms with van der Waals surface area (Å²) >= 11 is 3.26. The van der Waals surface area contributed by atoms with Gasteiger partial charge >= 0.3 is 5.97 Å². The zero-order valence-electron chi connectivity index (χ0n) is 17.8. The molecule has 32 heavy (non-hydrogen) atoms. The Morgan fingerprint density at radius 2 is 1.84 bits per heavy atom. The van der Waals surface area contributed by atoms with Crippen LogP contribution in [0.4, 0.5) is 0 Å². The van der Waals surface area contributed by atoms with Gasteiger partial charge in [-0.15, -0.1) is 0 Å². The van der Waals surface area contributed by atoms with E-state index in [4.69, 9.17) is 4.74 Å². The third-order valence-electron chi connectivity index (χ3n) is 5.83. The highest BCUT2D eigenvalue weighted by Crippen LogP contribution is 2.44. The average molecular weight is 496 g/mol. The molecular formula is C24H22BrN3O4. The molecule has 2 heterocycles. The van der Waals surface area contributed by atoms with Crippen molar-refractivity contribution in [3.8, 4) is 11.6 Å². The van der Waals surface area contributed by atoms with Gasteiger partial charge in [0, 0.05) is 30.2 Å². The topological polar surface area (TPSA) is 101 Å². The number of nitrogens with zero attached hydrogens (tertiary/aromatic N) is 2. The number of Topliss-reactive ketones (excluding diaryl/α,β-unsaturated/α-hetero) is 1. The van der Waals surface area contributed by atoms with Crippen molar-refractivity contribution >= 4 is 38.5 Å². The van der Waals surface area contributed by atoms with Crippen molar-refractivity contribution in [3.05, 3.63) is 70.7 Å². The Morgan fingerprint density at radius 3 is 2.50 bits per heavy atom. The van der Waals surface area contributed by atoms with Gasteiger partial charge in [-0.05, 0) is 65.0 Å². The van der Waals surface area contributed by atoms with Gasteiger partial charge in [-0.25, -0.2) is 9.78 Å². The SMILES string of the molecule is CC(c1ccc(Oc2nccc3ccncc23)cc1)[C@H](NC1=C(Br)C(=O)C1(C)C)C(=O)O. The molecule has 4 rings (SSSR count). The van der Waals surface area contributed by atoms with Crippen LogP contribution in [-0.2, 0) is 9.59 Å². The van der Waals surface area contributed by atoms with Crippen LogP contribution < -0.4 is 10.1 Å². The number of benzene rings is 1. The van der Waals surface area contributed by atoms with E-state index in [0.29, 0.717) is 21.8 Å². The maximum Gasteiger partial charge on any atom is 0.326 e. The van der Waals surface area contributed by atoms with Crippen LogP contribution in [0.1, 0.15) is 32.3 Å².